The van der Waals surface area contributed by atoms with Crippen LogP contribution in [0.15, 0.2) is 16.8 Å². The lowest BCUT2D eigenvalue weighted by Crippen LogP contribution is -2.53. The molecule has 11 heteroatoms. The highest BCUT2D eigenvalue weighted by atomic mass is 16.5. The van der Waals surface area contributed by atoms with E-state index in [1.54, 1.807) is 4.90 Å². The molecule has 3 amide bonds. The van der Waals surface area contributed by atoms with Gasteiger partial charge in [0.05, 0.1) is 18.5 Å². The van der Waals surface area contributed by atoms with E-state index in [2.05, 4.69) is 15.9 Å². The molecule has 2 saturated heterocycles. The van der Waals surface area contributed by atoms with Crippen LogP contribution in [0.25, 0.3) is 0 Å². The third kappa shape index (κ3) is 6.60. The average molecular weight is 450 g/mol. The fraction of sp³-hybridized carbons (Fsp3) is 0.667. The first-order chi connectivity index (χ1) is 15.5. The number of piperidine rings is 2. The van der Waals surface area contributed by atoms with Crippen molar-refractivity contribution in [3.05, 3.63) is 18.0 Å². The van der Waals surface area contributed by atoms with Gasteiger partial charge in [-0.1, -0.05) is 5.16 Å². The van der Waals surface area contributed by atoms with Gasteiger partial charge in [-0.05, 0) is 51.1 Å². The van der Waals surface area contributed by atoms with Crippen LogP contribution in [-0.4, -0.2) is 76.6 Å². The Balaban J connectivity index is 1.59. The van der Waals surface area contributed by atoms with Gasteiger partial charge in [0.25, 0.3) is 0 Å². The van der Waals surface area contributed by atoms with E-state index < -0.39 is 23.7 Å². The molecule has 1 aromatic rings. The summed E-state index contributed by atoms with van der Waals surface area (Å²) in [6.07, 6.45) is 5.69. The van der Waals surface area contributed by atoms with Crippen molar-refractivity contribution in [3.8, 4) is 0 Å². The fourth-order valence-corrected chi connectivity index (χ4v) is 4.20. The summed E-state index contributed by atoms with van der Waals surface area (Å²) in [6.45, 7) is 2.71. The van der Waals surface area contributed by atoms with Gasteiger partial charge in [0.15, 0.2) is 0 Å². The Morgan fingerprint density at radius 3 is 2.69 bits per heavy atom. The summed E-state index contributed by atoms with van der Waals surface area (Å²) in [4.78, 5) is 51.2. The van der Waals surface area contributed by atoms with E-state index in [0.29, 0.717) is 31.7 Å². The van der Waals surface area contributed by atoms with Crippen molar-refractivity contribution >= 4 is 23.7 Å². The number of nitrogens with zero attached hydrogens (tertiary/aromatic N) is 3. The van der Waals surface area contributed by atoms with Crippen LogP contribution in [0.5, 0.6) is 0 Å². The van der Waals surface area contributed by atoms with Crippen LogP contribution >= 0.6 is 0 Å². The molecule has 0 spiro atoms. The zero-order valence-electron chi connectivity index (χ0n) is 18.1. The van der Waals surface area contributed by atoms with Crippen LogP contribution in [0, 0.1) is 11.8 Å². The second-order valence-electron chi connectivity index (χ2n) is 8.32. The highest BCUT2D eigenvalue weighted by Gasteiger charge is 2.35. The number of carbonyl (C=O) groups excluding carboxylic acids is 3. The molecule has 0 radical (unpaired) electrons. The summed E-state index contributed by atoms with van der Waals surface area (Å²) < 4.78 is 4.87. The molecule has 11 nitrogen and oxygen atoms in total. The topological polar surface area (TPSA) is 145 Å². The van der Waals surface area contributed by atoms with E-state index in [1.165, 1.54) is 12.3 Å². The van der Waals surface area contributed by atoms with Gasteiger partial charge in [-0.3, -0.25) is 19.2 Å². The highest BCUT2D eigenvalue weighted by Crippen LogP contribution is 2.23. The van der Waals surface area contributed by atoms with Crippen molar-refractivity contribution in [1.82, 2.24) is 25.8 Å². The molecule has 0 aliphatic carbocycles. The molecule has 2 aliphatic heterocycles. The third-order valence-electron chi connectivity index (χ3n) is 6.03. The van der Waals surface area contributed by atoms with Gasteiger partial charge in [-0.15, -0.1) is 0 Å². The summed E-state index contributed by atoms with van der Waals surface area (Å²) in [5.41, 5.74) is 2.60. The highest BCUT2D eigenvalue weighted by molar-refractivity contribution is 6.03. The van der Waals surface area contributed by atoms with Crippen molar-refractivity contribution in [2.75, 3.05) is 32.7 Å². The Hall–Kier alpha value is -2.79. The van der Waals surface area contributed by atoms with Crippen LogP contribution in [0.1, 0.15) is 55.5 Å². The second-order valence-corrected chi connectivity index (χ2v) is 8.32. The molecule has 2 fully saturated rings. The number of carbonyl (C=O) groups is 4. The number of aliphatic carboxylic acids is 1. The molecule has 0 aromatic carbocycles. The maximum absolute atomic E-state index is 13.2. The monoisotopic (exact) mass is 449 g/mol. The number of carboxylic acids is 1. The molecule has 0 saturated carbocycles. The predicted molar refractivity (Wildman–Crippen MR) is 112 cm³/mol. The third-order valence-corrected chi connectivity index (χ3v) is 6.03. The number of carboxylic acid groups (broad SMARTS) is 1. The van der Waals surface area contributed by atoms with Crippen molar-refractivity contribution in [2.45, 2.75) is 44.9 Å². The lowest BCUT2D eigenvalue weighted by atomic mass is 9.92. The lowest BCUT2D eigenvalue weighted by molar-refractivity contribution is -0.142. The molecule has 3 N–H and O–H groups in total. The largest absolute Gasteiger partial charge is 0.481 e. The molecule has 0 unspecified atom stereocenters. The van der Waals surface area contributed by atoms with Crippen molar-refractivity contribution in [2.24, 2.45) is 11.8 Å². The standard InChI is InChI=1S/C21H31N5O6/c27-18(4-3-15-5-9-22-10-6-15)25-13-1-2-16(14-25)20(30)26(23-11-8-19(28)29)21(31)17-7-12-24-32-17/h7,12,15-16,22-23H,1-6,8-11,13-14H2,(H,28,29)/t16-/m1/s1. The summed E-state index contributed by atoms with van der Waals surface area (Å²) in [7, 11) is 0. The molecule has 1 atom stereocenters. The number of amides is 3. The molecule has 32 heavy (non-hydrogen) atoms. The molecule has 1 aromatic heterocycles. The molecular formula is C21H31N5O6. The summed E-state index contributed by atoms with van der Waals surface area (Å²) in [5.74, 6) is -2.41. The smallest absolute Gasteiger partial charge is 0.313 e. The van der Waals surface area contributed by atoms with Crippen molar-refractivity contribution in [3.63, 3.8) is 0 Å². The molecular weight excluding hydrogens is 418 g/mol. The van der Waals surface area contributed by atoms with Crippen LogP contribution in [0.4, 0.5) is 0 Å². The minimum atomic E-state index is -1.06. The first kappa shape index (κ1) is 23.9. The summed E-state index contributed by atoms with van der Waals surface area (Å²) in [5, 5.41) is 16.5. The van der Waals surface area contributed by atoms with Crippen molar-refractivity contribution in [1.29, 1.82) is 0 Å². The molecule has 3 heterocycles. The first-order valence-corrected chi connectivity index (χ1v) is 11.2. The van der Waals surface area contributed by atoms with Gasteiger partial charge in [0.2, 0.25) is 17.6 Å². The normalized spacial score (nSPS) is 19.5. The number of imide groups is 1. The Bertz CT molecular complexity index is 793. The maximum Gasteiger partial charge on any atom is 0.313 e. The van der Waals surface area contributed by atoms with Gasteiger partial charge in [0, 0.05) is 32.1 Å². The first-order valence-electron chi connectivity index (χ1n) is 11.2. The minimum Gasteiger partial charge on any atom is -0.481 e. The van der Waals surface area contributed by atoms with Crippen LogP contribution < -0.4 is 10.7 Å². The second kappa shape index (κ2) is 11.7. The quantitative estimate of drug-likeness (QED) is 0.365. The van der Waals surface area contributed by atoms with Gasteiger partial charge >= 0.3 is 11.9 Å². The lowest BCUT2D eigenvalue weighted by Gasteiger charge is -2.34. The predicted octanol–water partition coefficient (Wildman–Crippen LogP) is 0.641. The van der Waals surface area contributed by atoms with E-state index in [4.69, 9.17) is 9.63 Å². The Kier molecular flexibility index (Phi) is 8.74. The number of hydrogen-bond acceptors (Lipinski definition) is 8. The average Bonchev–Trinajstić information content (AvgIpc) is 3.35. The fourth-order valence-electron chi connectivity index (χ4n) is 4.20. The Labute approximate surface area is 186 Å². The Morgan fingerprint density at radius 2 is 2.00 bits per heavy atom. The van der Waals surface area contributed by atoms with E-state index in [-0.39, 0.29) is 31.2 Å². The van der Waals surface area contributed by atoms with E-state index >= 15 is 0 Å². The zero-order valence-corrected chi connectivity index (χ0v) is 18.1. The number of hydrazine groups is 1. The van der Waals surface area contributed by atoms with Gasteiger partial charge in [-0.25, -0.2) is 10.4 Å². The summed E-state index contributed by atoms with van der Waals surface area (Å²) >= 11 is 0. The van der Waals surface area contributed by atoms with E-state index in [0.717, 1.165) is 37.4 Å². The number of hydrogen-bond donors (Lipinski definition) is 3. The summed E-state index contributed by atoms with van der Waals surface area (Å²) in [6, 6.07) is 1.33. The van der Waals surface area contributed by atoms with E-state index in [1.807, 2.05) is 0 Å². The number of aromatic nitrogens is 1. The molecule has 176 valence electrons. The molecule has 2 aliphatic rings. The zero-order chi connectivity index (χ0) is 22.9. The van der Waals surface area contributed by atoms with E-state index in [9.17, 15) is 19.2 Å². The maximum atomic E-state index is 13.2. The minimum absolute atomic E-state index is 0.0352. The van der Waals surface area contributed by atoms with Crippen LogP contribution in [-0.2, 0) is 14.4 Å². The van der Waals surface area contributed by atoms with Gasteiger partial charge in [-0.2, -0.15) is 0 Å². The van der Waals surface area contributed by atoms with Crippen molar-refractivity contribution < 1.29 is 28.8 Å². The number of likely N-dealkylation sites (tertiary alicyclic amines) is 1. The Morgan fingerprint density at radius 1 is 1.22 bits per heavy atom. The van der Waals surface area contributed by atoms with Gasteiger partial charge < -0.3 is 19.8 Å². The molecule has 0 bridgehead atoms. The SMILES string of the molecule is O=C(O)CCNN(C(=O)c1ccno1)C(=O)[C@@H]1CCCN(C(=O)CCC2CCNCC2)C1. The van der Waals surface area contributed by atoms with Gasteiger partial charge in [0.1, 0.15) is 0 Å². The molecule has 3 rings (SSSR count). The number of nitrogens with one attached hydrogen (secondary N) is 2. The van der Waals surface area contributed by atoms with Crippen LogP contribution in [0.2, 0.25) is 0 Å². The number of rotatable bonds is 9. The van der Waals surface area contributed by atoms with Crippen LogP contribution in [0.3, 0.4) is 0 Å².